The van der Waals surface area contributed by atoms with E-state index in [9.17, 15) is 0 Å². The Bertz CT molecular complexity index is 278. The standard InChI is InChI=1S/C9H15N3O/c1-6-2-7(3-6)11-4-8-5-12-9(10)13-8/h5-7,11H,2-4H2,1H3,(H2,10,12). The van der Waals surface area contributed by atoms with Crippen LogP contribution in [-0.2, 0) is 6.54 Å². The largest absolute Gasteiger partial charge is 0.428 e. The maximum Gasteiger partial charge on any atom is 0.292 e. The van der Waals surface area contributed by atoms with Gasteiger partial charge in [-0.05, 0) is 18.8 Å². The van der Waals surface area contributed by atoms with Crippen molar-refractivity contribution in [1.82, 2.24) is 10.3 Å². The zero-order chi connectivity index (χ0) is 9.26. The molecule has 1 aromatic rings. The molecular weight excluding hydrogens is 166 g/mol. The van der Waals surface area contributed by atoms with Crippen molar-refractivity contribution in [3.63, 3.8) is 0 Å². The third-order valence-corrected chi connectivity index (χ3v) is 2.51. The van der Waals surface area contributed by atoms with Gasteiger partial charge in [-0.2, -0.15) is 0 Å². The minimum Gasteiger partial charge on any atom is -0.428 e. The number of hydrogen-bond acceptors (Lipinski definition) is 4. The number of nitrogens with two attached hydrogens (primary N) is 1. The van der Waals surface area contributed by atoms with Crippen LogP contribution in [0.25, 0.3) is 0 Å². The fourth-order valence-electron chi connectivity index (χ4n) is 1.72. The van der Waals surface area contributed by atoms with Crippen molar-refractivity contribution < 1.29 is 4.42 Å². The van der Waals surface area contributed by atoms with E-state index in [1.54, 1.807) is 6.20 Å². The molecule has 13 heavy (non-hydrogen) atoms. The van der Waals surface area contributed by atoms with Gasteiger partial charge in [0.25, 0.3) is 6.01 Å². The molecule has 72 valence electrons. The zero-order valence-electron chi connectivity index (χ0n) is 7.79. The van der Waals surface area contributed by atoms with E-state index in [0.717, 1.165) is 18.2 Å². The van der Waals surface area contributed by atoms with Gasteiger partial charge in [0.05, 0.1) is 12.7 Å². The minimum absolute atomic E-state index is 0.249. The van der Waals surface area contributed by atoms with Gasteiger partial charge in [0.15, 0.2) is 0 Å². The molecule has 1 fully saturated rings. The molecule has 0 amide bonds. The lowest BCUT2D eigenvalue weighted by Gasteiger charge is -2.33. The summed E-state index contributed by atoms with van der Waals surface area (Å²) < 4.78 is 5.13. The fourth-order valence-corrected chi connectivity index (χ4v) is 1.72. The first-order valence-electron chi connectivity index (χ1n) is 4.67. The number of hydrogen-bond donors (Lipinski definition) is 2. The Morgan fingerprint density at radius 1 is 1.69 bits per heavy atom. The van der Waals surface area contributed by atoms with Gasteiger partial charge in [0, 0.05) is 6.04 Å². The molecule has 0 aliphatic heterocycles. The molecule has 1 aromatic heterocycles. The molecule has 0 spiro atoms. The molecule has 0 unspecified atom stereocenters. The van der Waals surface area contributed by atoms with E-state index in [2.05, 4.69) is 17.2 Å². The normalized spacial score (nSPS) is 27.2. The molecule has 1 aliphatic rings. The monoisotopic (exact) mass is 181 g/mol. The molecule has 3 N–H and O–H groups in total. The van der Waals surface area contributed by atoms with Gasteiger partial charge in [-0.15, -0.1) is 0 Å². The number of anilines is 1. The number of aromatic nitrogens is 1. The molecule has 1 aliphatic carbocycles. The maximum absolute atomic E-state index is 5.35. The van der Waals surface area contributed by atoms with Crippen LogP contribution < -0.4 is 11.1 Å². The van der Waals surface area contributed by atoms with Crippen LogP contribution in [-0.4, -0.2) is 11.0 Å². The van der Waals surface area contributed by atoms with Crippen molar-refractivity contribution in [2.75, 3.05) is 5.73 Å². The van der Waals surface area contributed by atoms with Gasteiger partial charge >= 0.3 is 0 Å². The SMILES string of the molecule is CC1CC(NCc2cnc(N)o2)C1. The lowest BCUT2D eigenvalue weighted by Crippen LogP contribution is -2.39. The highest BCUT2D eigenvalue weighted by Crippen LogP contribution is 2.26. The number of nitrogens with zero attached hydrogens (tertiary/aromatic N) is 1. The van der Waals surface area contributed by atoms with E-state index in [1.165, 1.54) is 12.8 Å². The van der Waals surface area contributed by atoms with E-state index in [0.29, 0.717) is 6.04 Å². The molecule has 0 bridgehead atoms. The quantitative estimate of drug-likeness (QED) is 0.734. The predicted molar refractivity (Wildman–Crippen MR) is 49.9 cm³/mol. The van der Waals surface area contributed by atoms with Crippen LogP contribution in [0.5, 0.6) is 0 Å². The Kier molecular flexibility index (Phi) is 2.22. The summed E-state index contributed by atoms with van der Waals surface area (Å²) in [6, 6.07) is 0.903. The predicted octanol–water partition coefficient (Wildman–Crippen LogP) is 1.14. The Morgan fingerprint density at radius 2 is 2.46 bits per heavy atom. The van der Waals surface area contributed by atoms with Crippen LogP contribution >= 0.6 is 0 Å². The first-order chi connectivity index (χ1) is 6.24. The summed E-state index contributed by atoms with van der Waals surface area (Å²) in [5.74, 6) is 1.69. The van der Waals surface area contributed by atoms with Gasteiger partial charge in [0.2, 0.25) is 0 Å². The zero-order valence-corrected chi connectivity index (χ0v) is 7.79. The Hall–Kier alpha value is -1.03. The molecule has 1 heterocycles. The highest BCUT2D eigenvalue weighted by atomic mass is 16.4. The first kappa shape index (κ1) is 8.56. The van der Waals surface area contributed by atoms with Crippen LogP contribution in [0.4, 0.5) is 6.01 Å². The molecule has 4 heteroatoms. The third kappa shape index (κ3) is 2.01. The van der Waals surface area contributed by atoms with Crippen molar-refractivity contribution in [3.8, 4) is 0 Å². The summed E-state index contributed by atoms with van der Waals surface area (Å²) in [7, 11) is 0. The lowest BCUT2D eigenvalue weighted by molar-refractivity contribution is 0.235. The smallest absolute Gasteiger partial charge is 0.292 e. The van der Waals surface area contributed by atoms with E-state index < -0.39 is 0 Å². The van der Waals surface area contributed by atoms with Crippen LogP contribution in [0.1, 0.15) is 25.5 Å². The van der Waals surface area contributed by atoms with Crippen LogP contribution in [0.15, 0.2) is 10.6 Å². The molecular formula is C9H15N3O. The molecule has 0 aromatic carbocycles. The summed E-state index contributed by atoms with van der Waals surface area (Å²) >= 11 is 0. The van der Waals surface area contributed by atoms with Gasteiger partial charge in [-0.1, -0.05) is 6.92 Å². The summed E-state index contributed by atoms with van der Waals surface area (Å²) in [4.78, 5) is 3.82. The molecule has 0 saturated heterocycles. The van der Waals surface area contributed by atoms with E-state index >= 15 is 0 Å². The summed E-state index contributed by atoms with van der Waals surface area (Å²) in [6.07, 6.45) is 4.21. The maximum atomic E-state index is 5.35. The van der Waals surface area contributed by atoms with Crippen molar-refractivity contribution in [1.29, 1.82) is 0 Å². The second-order valence-corrected chi connectivity index (χ2v) is 3.82. The minimum atomic E-state index is 0.249. The first-order valence-corrected chi connectivity index (χ1v) is 4.67. The average molecular weight is 181 g/mol. The summed E-state index contributed by atoms with van der Waals surface area (Å²) in [5, 5.41) is 3.39. The highest BCUT2D eigenvalue weighted by molar-refractivity contribution is 5.10. The Balaban J connectivity index is 1.74. The number of rotatable bonds is 3. The molecule has 0 atom stereocenters. The van der Waals surface area contributed by atoms with Crippen LogP contribution in [0.2, 0.25) is 0 Å². The fraction of sp³-hybridized carbons (Fsp3) is 0.667. The number of nitrogens with one attached hydrogen (secondary N) is 1. The highest BCUT2D eigenvalue weighted by Gasteiger charge is 2.24. The molecule has 1 saturated carbocycles. The Morgan fingerprint density at radius 3 is 3.00 bits per heavy atom. The average Bonchev–Trinajstić information content (AvgIpc) is 2.43. The van der Waals surface area contributed by atoms with Gasteiger partial charge < -0.3 is 15.5 Å². The van der Waals surface area contributed by atoms with Crippen molar-refractivity contribution >= 4 is 6.01 Å². The van der Waals surface area contributed by atoms with Gasteiger partial charge in [0.1, 0.15) is 5.76 Å². The topological polar surface area (TPSA) is 64.1 Å². The molecule has 2 rings (SSSR count). The number of oxazole rings is 1. The molecule has 0 radical (unpaired) electrons. The third-order valence-electron chi connectivity index (χ3n) is 2.51. The second kappa shape index (κ2) is 3.38. The van der Waals surface area contributed by atoms with Crippen LogP contribution in [0.3, 0.4) is 0 Å². The number of nitrogen functional groups attached to an aromatic ring is 1. The summed E-state index contributed by atoms with van der Waals surface area (Å²) in [6.45, 7) is 3.01. The second-order valence-electron chi connectivity index (χ2n) is 3.82. The van der Waals surface area contributed by atoms with Gasteiger partial charge in [-0.3, -0.25) is 0 Å². The van der Waals surface area contributed by atoms with E-state index in [1.807, 2.05) is 0 Å². The van der Waals surface area contributed by atoms with E-state index in [-0.39, 0.29) is 6.01 Å². The Labute approximate surface area is 77.5 Å². The van der Waals surface area contributed by atoms with E-state index in [4.69, 9.17) is 10.2 Å². The van der Waals surface area contributed by atoms with Crippen LogP contribution in [0, 0.1) is 5.92 Å². The van der Waals surface area contributed by atoms with Crippen molar-refractivity contribution in [2.24, 2.45) is 5.92 Å². The van der Waals surface area contributed by atoms with Gasteiger partial charge in [-0.25, -0.2) is 4.98 Å². The van der Waals surface area contributed by atoms with Crippen molar-refractivity contribution in [3.05, 3.63) is 12.0 Å². The molecule has 4 nitrogen and oxygen atoms in total. The lowest BCUT2D eigenvalue weighted by atomic mass is 9.82. The summed E-state index contributed by atoms with van der Waals surface area (Å²) in [5.41, 5.74) is 5.35. The van der Waals surface area contributed by atoms with Crippen molar-refractivity contribution in [2.45, 2.75) is 32.4 Å².